The van der Waals surface area contributed by atoms with Gasteiger partial charge in [-0.3, -0.25) is 9.59 Å². The lowest BCUT2D eigenvalue weighted by Gasteiger charge is -2.13. The van der Waals surface area contributed by atoms with E-state index in [2.05, 4.69) is 23.7 Å². The van der Waals surface area contributed by atoms with Crippen molar-refractivity contribution >= 4 is 17.5 Å². The van der Waals surface area contributed by atoms with E-state index < -0.39 is 0 Å². The lowest BCUT2D eigenvalue weighted by molar-refractivity contribution is 0.0926. The van der Waals surface area contributed by atoms with E-state index in [1.165, 1.54) is 4.90 Å². The third kappa shape index (κ3) is 2.50. The average Bonchev–Trinajstić information content (AvgIpc) is 2.79. The quantitative estimate of drug-likeness (QED) is 0.599. The Morgan fingerprint density at radius 3 is 2.13 bits per heavy atom. The maximum Gasteiger partial charge on any atom is 0.266 e. The van der Waals surface area contributed by atoms with Gasteiger partial charge in [-0.15, -0.1) is 11.8 Å². The van der Waals surface area contributed by atoms with Crippen molar-refractivity contribution < 1.29 is 9.59 Å². The fourth-order valence-electron chi connectivity index (χ4n) is 2.56. The molecule has 0 aliphatic carbocycles. The molecule has 2 aromatic carbocycles. The van der Waals surface area contributed by atoms with E-state index in [0.717, 1.165) is 11.1 Å². The number of carbonyl (C=O) groups excluding carboxylic acids is 2. The van der Waals surface area contributed by atoms with Crippen LogP contribution in [0.4, 0.5) is 5.69 Å². The molecule has 0 radical (unpaired) electrons. The van der Waals surface area contributed by atoms with Gasteiger partial charge < -0.3 is 0 Å². The maximum atomic E-state index is 12.7. The number of carbonyl (C=O) groups is 2. The van der Waals surface area contributed by atoms with Crippen LogP contribution in [0.2, 0.25) is 0 Å². The summed E-state index contributed by atoms with van der Waals surface area (Å²) in [5.41, 5.74) is 2.81. The number of imide groups is 1. The first-order valence-corrected chi connectivity index (χ1v) is 7.14. The highest BCUT2D eigenvalue weighted by molar-refractivity contribution is 6.34. The van der Waals surface area contributed by atoms with Crippen molar-refractivity contribution in [3.8, 4) is 23.7 Å². The fraction of sp³-hybridized carbons (Fsp3) is 0.100. The lowest BCUT2D eigenvalue weighted by atomic mass is 10.1. The van der Waals surface area contributed by atoms with Crippen LogP contribution in [0.25, 0.3) is 0 Å². The monoisotopic (exact) mass is 299 g/mol. The van der Waals surface area contributed by atoms with E-state index in [4.69, 9.17) is 0 Å². The Labute approximate surface area is 134 Å². The highest BCUT2D eigenvalue weighted by Gasteiger charge is 2.36. The van der Waals surface area contributed by atoms with Gasteiger partial charge in [0.05, 0.1) is 16.8 Å². The summed E-state index contributed by atoms with van der Waals surface area (Å²) in [6, 6.07) is 12.2. The number of fused-ring (bicyclic) bond motifs is 1. The highest BCUT2D eigenvalue weighted by Crippen LogP contribution is 2.29. The van der Waals surface area contributed by atoms with Gasteiger partial charge in [-0.25, -0.2) is 4.90 Å². The smallest absolute Gasteiger partial charge is 0.266 e. The molecule has 0 spiro atoms. The van der Waals surface area contributed by atoms with Crippen LogP contribution in [0.15, 0.2) is 42.5 Å². The van der Waals surface area contributed by atoms with Crippen LogP contribution in [-0.2, 0) is 0 Å². The van der Waals surface area contributed by atoms with Crippen molar-refractivity contribution in [2.24, 2.45) is 0 Å². The van der Waals surface area contributed by atoms with Crippen molar-refractivity contribution in [2.75, 3.05) is 4.90 Å². The molecule has 0 atom stereocenters. The van der Waals surface area contributed by atoms with Crippen LogP contribution >= 0.6 is 0 Å². The number of nitrogens with zero attached hydrogens (tertiary/aromatic N) is 1. The third-order valence-electron chi connectivity index (χ3n) is 3.53. The van der Waals surface area contributed by atoms with E-state index in [0.29, 0.717) is 16.8 Å². The minimum absolute atomic E-state index is 0.317. The molecule has 0 bridgehead atoms. The molecule has 1 heterocycles. The molecule has 1 aliphatic heterocycles. The Morgan fingerprint density at radius 1 is 0.783 bits per heavy atom. The number of rotatable bonds is 1. The molecule has 0 saturated heterocycles. The maximum absolute atomic E-state index is 12.7. The summed E-state index contributed by atoms with van der Waals surface area (Å²) in [5, 5.41) is 0. The first-order valence-electron chi connectivity index (χ1n) is 7.14. The Balaban J connectivity index is 2.07. The largest absolute Gasteiger partial charge is 0.268 e. The summed E-state index contributed by atoms with van der Waals surface area (Å²) in [4.78, 5) is 26.4. The van der Waals surface area contributed by atoms with Gasteiger partial charge >= 0.3 is 0 Å². The Morgan fingerprint density at radius 2 is 1.43 bits per heavy atom. The van der Waals surface area contributed by atoms with Gasteiger partial charge in [-0.1, -0.05) is 17.9 Å². The molecule has 23 heavy (non-hydrogen) atoms. The fourth-order valence-corrected chi connectivity index (χ4v) is 2.56. The predicted octanol–water partition coefficient (Wildman–Crippen LogP) is 3.23. The summed E-state index contributed by atoms with van der Waals surface area (Å²) >= 11 is 0. The Hall–Kier alpha value is -3.30. The van der Waals surface area contributed by atoms with Crippen LogP contribution < -0.4 is 4.90 Å². The van der Waals surface area contributed by atoms with Gasteiger partial charge in [-0.05, 0) is 50.2 Å². The van der Waals surface area contributed by atoms with Crippen LogP contribution in [0.5, 0.6) is 0 Å². The molecule has 0 N–H and O–H groups in total. The molecule has 3 heteroatoms. The van der Waals surface area contributed by atoms with Crippen molar-refractivity contribution in [3.63, 3.8) is 0 Å². The van der Waals surface area contributed by atoms with Gasteiger partial charge in [0.15, 0.2) is 0 Å². The molecule has 3 rings (SSSR count). The van der Waals surface area contributed by atoms with Gasteiger partial charge in [0, 0.05) is 11.1 Å². The molecule has 0 fully saturated rings. The number of benzene rings is 2. The predicted molar refractivity (Wildman–Crippen MR) is 89.1 cm³/mol. The first-order chi connectivity index (χ1) is 11.2. The molecular weight excluding hydrogens is 286 g/mol. The summed E-state index contributed by atoms with van der Waals surface area (Å²) in [5.74, 6) is 10.8. The van der Waals surface area contributed by atoms with Crippen LogP contribution in [-0.4, -0.2) is 11.8 Å². The second-order valence-electron chi connectivity index (χ2n) is 5.01. The van der Waals surface area contributed by atoms with Crippen molar-refractivity contribution in [1.29, 1.82) is 0 Å². The van der Waals surface area contributed by atoms with Crippen molar-refractivity contribution in [2.45, 2.75) is 13.8 Å². The Kier molecular flexibility index (Phi) is 3.71. The second kappa shape index (κ2) is 5.83. The van der Waals surface area contributed by atoms with E-state index in [1.54, 1.807) is 50.2 Å². The SMILES string of the molecule is CC#Cc1cccc(N2C(=O)c3ccc(C#CC)cc3C2=O)c1. The number of hydrogen-bond acceptors (Lipinski definition) is 2. The average molecular weight is 299 g/mol. The van der Waals surface area contributed by atoms with E-state index >= 15 is 0 Å². The minimum atomic E-state index is -0.327. The molecular formula is C20H13NO2. The summed E-state index contributed by atoms with van der Waals surface area (Å²) in [7, 11) is 0. The topological polar surface area (TPSA) is 37.4 Å². The van der Waals surface area contributed by atoms with Crippen LogP contribution in [0.1, 0.15) is 45.7 Å². The van der Waals surface area contributed by atoms with E-state index in [1.807, 2.05) is 6.07 Å². The molecule has 0 aromatic heterocycles. The van der Waals surface area contributed by atoms with Crippen LogP contribution in [0.3, 0.4) is 0 Å². The summed E-state index contributed by atoms with van der Waals surface area (Å²) < 4.78 is 0. The molecule has 3 nitrogen and oxygen atoms in total. The van der Waals surface area contributed by atoms with Crippen molar-refractivity contribution in [1.82, 2.24) is 0 Å². The normalized spacial score (nSPS) is 12.2. The minimum Gasteiger partial charge on any atom is -0.268 e. The molecule has 2 aromatic rings. The van der Waals surface area contributed by atoms with Gasteiger partial charge in [0.25, 0.3) is 11.8 Å². The van der Waals surface area contributed by atoms with Gasteiger partial charge in [0.2, 0.25) is 0 Å². The Bertz CT molecular complexity index is 949. The van der Waals surface area contributed by atoms with Crippen molar-refractivity contribution in [3.05, 3.63) is 64.7 Å². The van der Waals surface area contributed by atoms with E-state index in [-0.39, 0.29) is 11.8 Å². The standard InChI is InChI=1S/C20H13NO2/c1-3-6-14-8-5-9-16(12-14)21-19(22)17-11-10-15(7-4-2)13-18(17)20(21)23/h5,8-13H,1-2H3. The second-order valence-corrected chi connectivity index (χ2v) is 5.01. The first kappa shape index (κ1) is 14.6. The molecule has 0 saturated carbocycles. The summed E-state index contributed by atoms with van der Waals surface area (Å²) in [6.45, 7) is 3.47. The van der Waals surface area contributed by atoms with Gasteiger partial charge in [0.1, 0.15) is 0 Å². The number of amides is 2. The zero-order valence-electron chi connectivity index (χ0n) is 12.8. The molecule has 110 valence electrons. The highest BCUT2D eigenvalue weighted by atomic mass is 16.2. The number of hydrogen-bond donors (Lipinski definition) is 0. The zero-order valence-corrected chi connectivity index (χ0v) is 12.8. The van der Waals surface area contributed by atoms with Gasteiger partial charge in [-0.2, -0.15) is 0 Å². The van der Waals surface area contributed by atoms with E-state index in [9.17, 15) is 9.59 Å². The molecule has 1 aliphatic rings. The zero-order chi connectivity index (χ0) is 16.4. The third-order valence-corrected chi connectivity index (χ3v) is 3.53. The molecule has 0 unspecified atom stereocenters. The summed E-state index contributed by atoms with van der Waals surface area (Å²) in [6.07, 6.45) is 0. The molecule has 2 amide bonds. The lowest BCUT2D eigenvalue weighted by Crippen LogP contribution is -2.29. The van der Waals surface area contributed by atoms with Crippen LogP contribution in [0, 0.1) is 23.7 Å². The number of anilines is 1.